The van der Waals surface area contributed by atoms with Crippen molar-refractivity contribution in [3.63, 3.8) is 0 Å². The van der Waals surface area contributed by atoms with E-state index in [-0.39, 0.29) is 103 Å². The summed E-state index contributed by atoms with van der Waals surface area (Å²) in [7, 11) is -10.2. The van der Waals surface area contributed by atoms with Crippen LogP contribution >= 0.6 is 24.1 Å². The highest BCUT2D eigenvalue weighted by atomic mass is 32.2. The van der Waals surface area contributed by atoms with Gasteiger partial charge in [-0.25, -0.2) is 34.5 Å². The molecule has 0 saturated heterocycles. The number of phenolic OH excluding ortho intramolecular Hbond substituents is 2. The maximum atomic E-state index is 13.1. The molecule has 0 atom stereocenters. The molecule has 2 aromatic heterocycles. The van der Waals surface area contributed by atoms with Crippen molar-refractivity contribution in [1.29, 1.82) is 0 Å². The van der Waals surface area contributed by atoms with Crippen LogP contribution in [0.4, 0.5) is 81.2 Å². The van der Waals surface area contributed by atoms with Gasteiger partial charge in [0, 0.05) is 29.5 Å². The molecule has 0 aliphatic heterocycles. The summed E-state index contributed by atoms with van der Waals surface area (Å²) in [4.78, 5) is 83.6. The summed E-state index contributed by atoms with van der Waals surface area (Å²) in [5, 5.41) is 149. The minimum Gasteiger partial charge on any atom is -0.505 e. The number of hydrogen-bond acceptors (Lipinski definition) is 37. The van der Waals surface area contributed by atoms with Crippen LogP contribution in [0, 0.1) is 0 Å². The highest BCUT2D eigenvalue weighted by molar-refractivity contribution is 7.95. The first kappa shape index (κ1) is 71.5. The Labute approximate surface area is 558 Å². The molecule has 514 valence electrons. The highest BCUT2D eigenvalue weighted by Gasteiger charge is 2.27. The van der Waals surface area contributed by atoms with E-state index in [0.717, 1.165) is 78.9 Å². The number of fused-ring (bicyclic) bond motifs is 2. The van der Waals surface area contributed by atoms with Crippen LogP contribution in [-0.4, -0.2) is 168 Å². The van der Waals surface area contributed by atoms with Gasteiger partial charge in [0.2, 0.25) is 35.7 Å². The molecule has 0 spiro atoms. The topological polar surface area (TPSA) is 653 Å². The van der Waals surface area contributed by atoms with E-state index in [1.165, 1.54) is 12.1 Å². The van der Waals surface area contributed by atoms with E-state index in [9.17, 15) is 95.9 Å². The van der Waals surface area contributed by atoms with E-state index in [2.05, 4.69) is 101 Å². The Balaban J connectivity index is 1.08. The third-order valence-electron chi connectivity index (χ3n) is 12.9. The van der Waals surface area contributed by atoms with Crippen molar-refractivity contribution in [2.45, 2.75) is 19.6 Å². The Morgan fingerprint density at radius 2 is 0.808 bits per heavy atom. The van der Waals surface area contributed by atoms with E-state index >= 15 is 0 Å². The summed E-state index contributed by atoms with van der Waals surface area (Å²) in [6.45, 7) is -1.40. The maximum Gasteiger partial charge on any atom is 0.337 e. The predicted octanol–water partition coefficient (Wildman–Crippen LogP) is 8.23. The molecule has 0 aliphatic carbocycles. The number of azo groups is 2. The number of aromatic carboxylic acids is 5. The number of aliphatic hydroxyl groups excluding tert-OH is 2. The molecule has 9 rings (SSSR count). The van der Waals surface area contributed by atoms with E-state index in [1.807, 2.05) is 0 Å². The second-order valence-electron chi connectivity index (χ2n) is 19.2. The van der Waals surface area contributed by atoms with Gasteiger partial charge in [-0.15, -0.1) is 18.9 Å². The van der Waals surface area contributed by atoms with Crippen LogP contribution in [-0.2, 0) is 39.0 Å². The number of nitrogens with one attached hydrogen (secondary N) is 6. The Morgan fingerprint density at radius 3 is 1.17 bits per heavy atom. The van der Waals surface area contributed by atoms with Crippen molar-refractivity contribution in [2.75, 3.05) is 58.2 Å². The van der Waals surface area contributed by atoms with Gasteiger partial charge in [0.1, 0.15) is 11.4 Å². The van der Waals surface area contributed by atoms with Gasteiger partial charge < -0.3 is 77.9 Å². The van der Waals surface area contributed by atoms with Gasteiger partial charge in [0.15, 0.2) is 11.5 Å². The summed E-state index contributed by atoms with van der Waals surface area (Å²) in [6, 6.07) is 14.9. The fourth-order valence-electron chi connectivity index (χ4n) is 8.84. The lowest BCUT2D eigenvalue weighted by molar-refractivity contribution is -0.432. The Morgan fingerprint density at radius 1 is 0.434 bits per heavy atom. The minimum absolute atomic E-state index is 0.0763. The molecule has 0 fully saturated rings. The van der Waals surface area contributed by atoms with Crippen LogP contribution in [0.1, 0.15) is 51.8 Å². The molecule has 0 radical (unpaired) electrons. The largest absolute Gasteiger partial charge is 0.505 e. The number of phenols is 2. The number of carboxylic acid groups (broad SMARTS) is 5. The van der Waals surface area contributed by atoms with Crippen LogP contribution in [0.2, 0.25) is 0 Å². The zero-order valence-corrected chi connectivity index (χ0v) is 52.0. The molecule has 9 aromatic rings. The summed E-state index contributed by atoms with van der Waals surface area (Å²) in [5.74, 6) is -12.3. The average molecular weight is 1450 g/mol. The summed E-state index contributed by atoms with van der Waals surface area (Å²) >= 11 is 0.373. The molecule has 19 N–H and O–H groups in total. The molecule has 99 heavy (non-hydrogen) atoms. The maximum absolute atomic E-state index is 13.1. The van der Waals surface area contributed by atoms with Gasteiger partial charge >= 0.3 is 29.8 Å². The van der Waals surface area contributed by atoms with Crippen LogP contribution in [0.3, 0.4) is 0 Å². The number of aliphatic hydroxyl groups is 2. The SMILES string of the molecule is O=C(O)c1cc(Nc2nc(NCCO)nc(Nc3cc(S(=O)(=O)O)cc4cc(SOOO)c(N=Nc5ccc(C(=O)O)c(C(=O)O)c5)c(O)c34)n2)ccc1Nc1nc(NCCO)nc(Nc2cc(S(=O)(=O)O)cc3cc(SOOO)c(N=Nc4ccc(C(=O)O)c(C(=O)O)c4)c(O)c23)n1. The number of carboxylic acids is 5. The quantitative estimate of drug-likeness (QED) is 0.00639. The predicted molar refractivity (Wildman–Crippen MR) is 339 cm³/mol. The van der Waals surface area contributed by atoms with E-state index in [4.69, 9.17) is 10.5 Å². The molecule has 0 aliphatic rings. The number of aromatic nitrogens is 6. The van der Waals surface area contributed by atoms with Gasteiger partial charge in [-0.3, -0.25) is 9.11 Å². The van der Waals surface area contributed by atoms with E-state index in [0.29, 0.717) is 0 Å². The van der Waals surface area contributed by atoms with Gasteiger partial charge in [0.25, 0.3) is 20.2 Å². The number of carbonyl (C=O) groups is 5. The lowest BCUT2D eigenvalue weighted by atomic mass is 10.1. The van der Waals surface area contributed by atoms with Crippen LogP contribution in [0.15, 0.2) is 131 Å². The number of rotatable bonds is 31. The zero-order valence-electron chi connectivity index (χ0n) is 48.7. The molecule has 0 amide bonds. The standard InChI is InChI=1S/C53H42N16O26S4/c70-9-7-54-48-60-50(64-52(62-48)58-33-18-25(98(86,87)88)11-20-13-35(96-94-92-84)39(41(72)37(20)33)68-66-23-1-4-27(43(74)75)29(16-23)45(78)79)56-22-3-6-32(31(15-22)47(82)83)57-51-61-49(55-8-10-71)63-53(65-51)59-34-19-26(99(89,90)91)12-21-14-36(97-95-93-85)40(42(73)38(21)34)69-67-24-2-5-28(44(76)77)30(17-24)46(80)81/h1-6,11-19,70-73,84-85H,7-10H2,(H,74,75)(H,76,77)(H,78,79)(H,80,81)(H,82,83)(H,86,87,88)(H,89,90,91)(H3,54,56,58,60,62,64)(H3,55,57,59,61,63,65). The summed E-state index contributed by atoms with van der Waals surface area (Å²) in [6.07, 6.45) is 0. The van der Waals surface area contributed by atoms with Crippen molar-refractivity contribution in [3.05, 3.63) is 119 Å². The first-order valence-corrected chi connectivity index (χ1v) is 31.1. The second-order valence-corrected chi connectivity index (χ2v) is 23.6. The van der Waals surface area contributed by atoms with Crippen molar-refractivity contribution < 1.29 is 125 Å². The minimum atomic E-state index is -5.11. The number of anilines is 10. The average Bonchev–Trinajstić information content (AvgIpc) is 0.761. The van der Waals surface area contributed by atoms with Gasteiger partial charge in [-0.1, -0.05) is 10.1 Å². The molecular weight excluding hydrogens is 1400 g/mol. The summed E-state index contributed by atoms with van der Waals surface area (Å²) < 4.78 is 80.5. The van der Waals surface area contributed by atoms with Crippen molar-refractivity contribution in [1.82, 2.24) is 29.9 Å². The molecule has 0 bridgehead atoms. The van der Waals surface area contributed by atoms with Crippen LogP contribution in [0.25, 0.3) is 21.5 Å². The Bertz CT molecular complexity index is 5060. The molecule has 46 heteroatoms. The van der Waals surface area contributed by atoms with Crippen molar-refractivity contribution in [2.24, 2.45) is 20.5 Å². The number of nitrogens with zero attached hydrogens (tertiary/aromatic N) is 10. The van der Waals surface area contributed by atoms with Crippen molar-refractivity contribution in [3.8, 4) is 11.5 Å². The van der Waals surface area contributed by atoms with Crippen LogP contribution < -0.4 is 31.9 Å². The van der Waals surface area contributed by atoms with E-state index < -0.39 is 159 Å². The Hall–Kier alpha value is -11.8. The molecule has 42 nitrogen and oxygen atoms in total. The fraction of sp³-hybridized carbons (Fsp3) is 0.0755. The molecule has 2 heterocycles. The third-order valence-corrected chi connectivity index (χ3v) is 15.8. The smallest absolute Gasteiger partial charge is 0.337 e. The monoisotopic (exact) mass is 1450 g/mol. The number of benzene rings is 7. The lowest BCUT2D eigenvalue weighted by Crippen LogP contribution is -2.13. The first-order valence-electron chi connectivity index (χ1n) is 26.7. The molecule has 0 saturated carbocycles. The van der Waals surface area contributed by atoms with Gasteiger partial charge in [0.05, 0.1) is 113 Å². The molecule has 7 aromatic carbocycles. The lowest BCUT2D eigenvalue weighted by Gasteiger charge is -2.17. The number of hydrogen-bond donors (Lipinski definition) is 19. The Kier molecular flexibility index (Phi) is 22.1. The first-order chi connectivity index (χ1) is 47.1. The van der Waals surface area contributed by atoms with Gasteiger partial charge in [-0.2, -0.15) is 57.0 Å². The van der Waals surface area contributed by atoms with Crippen LogP contribution in [0.5, 0.6) is 11.5 Å². The molecule has 0 unspecified atom stereocenters. The molecular formula is C53H42N16O26S4. The second kappa shape index (κ2) is 30.5. The fourth-order valence-corrected chi connectivity index (χ4v) is 10.9. The normalized spacial score (nSPS) is 11.7. The summed E-state index contributed by atoms with van der Waals surface area (Å²) in [5.41, 5.74) is -5.88. The zero-order chi connectivity index (χ0) is 71.6. The van der Waals surface area contributed by atoms with Gasteiger partial charge in [-0.05, 0) is 102 Å². The van der Waals surface area contributed by atoms with E-state index in [1.54, 1.807) is 0 Å². The highest BCUT2D eigenvalue weighted by Crippen LogP contribution is 2.50. The van der Waals surface area contributed by atoms with Crippen molar-refractivity contribution >= 4 is 177 Å². The third kappa shape index (κ3) is 17.1. The number of aromatic hydroxyl groups is 2.